The first-order valence-electron chi connectivity index (χ1n) is 13.5. The topological polar surface area (TPSA) is 119 Å². The smallest absolute Gasteiger partial charge is 0.247 e. The fourth-order valence-electron chi connectivity index (χ4n) is 5.53. The Kier molecular flexibility index (Phi) is 8.52. The summed E-state index contributed by atoms with van der Waals surface area (Å²) in [7, 11) is 1.53. The number of likely N-dealkylation sites (N-methyl/N-ethyl adjacent to an activating group) is 1. The van der Waals surface area contributed by atoms with Crippen LogP contribution in [0.25, 0.3) is 10.8 Å². The fraction of sp³-hybridized carbons (Fsp3) is 0.483. The molecule has 2 N–H and O–H groups in total. The first kappa shape index (κ1) is 28.1. The summed E-state index contributed by atoms with van der Waals surface area (Å²) < 4.78 is 0. The van der Waals surface area contributed by atoms with E-state index in [9.17, 15) is 24.0 Å². The molecule has 0 radical (unpaired) electrons. The Hall–Kier alpha value is -3.95. The molecule has 208 valence electrons. The average Bonchev–Trinajstić information content (AvgIpc) is 3.36. The first-order valence-corrected chi connectivity index (χ1v) is 13.5. The summed E-state index contributed by atoms with van der Waals surface area (Å²) >= 11 is 0. The normalized spacial score (nSPS) is 22.3. The van der Waals surface area contributed by atoms with Crippen LogP contribution in [-0.2, 0) is 24.0 Å². The van der Waals surface area contributed by atoms with E-state index in [1.54, 1.807) is 11.8 Å². The molecule has 0 spiro atoms. The lowest BCUT2D eigenvalue weighted by Crippen LogP contribution is -2.59. The van der Waals surface area contributed by atoms with Crippen molar-refractivity contribution in [1.82, 2.24) is 20.0 Å². The van der Waals surface area contributed by atoms with Crippen molar-refractivity contribution in [3.8, 4) is 0 Å². The number of hydrogen-bond acceptors (Lipinski definition) is 5. The predicted octanol–water partition coefficient (Wildman–Crippen LogP) is 2.48. The summed E-state index contributed by atoms with van der Waals surface area (Å²) in [4.78, 5) is 69.6. The van der Waals surface area contributed by atoms with Crippen molar-refractivity contribution in [2.24, 2.45) is 0 Å². The van der Waals surface area contributed by atoms with Crippen LogP contribution in [-0.4, -0.2) is 82.1 Å². The number of anilines is 1. The molecule has 2 heterocycles. The second-order valence-electron chi connectivity index (χ2n) is 10.4. The van der Waals surface area contributed by atoms with E-state index in [1.807, 2.05) is 42.5 Å². The Morgan fingerprint density at radius 1 is 0.974 bits per heavy atom. The molecule has 0 aliphatic carbocycles. The van der Waals surface area contributed by atoms with Gasteiger partial charge in [0.15, 0.2) is 0 Å². The van der Waals surface area contributed by atoms with Gasteiger partial charge in [-0.2, -0.15) is 0 Å². The molecule has 2 aliphatic rings. The molecule has 4 rings (SSSR count). The SMILES string of the molecule is CC(=O)N1CCCC[C@H](NC(=O)[C@H](C)N(C)C(C)=O)C(=O)N2C(C(=O)Nc3cccc4ccccc34)CCC12. The minimum absolute atomic E-state index is 0.160. The molecule has 0 saturated carbocycles. The average molecular weight is 536 g/mol. The van der Waals surface area contributed by atoms with Gasteiger partial charge in [-0.25, -0.2) is 0 Å². The van der Waals surface area contributed by atoms with Crippen molar-refractivity contribution in [2.75, 3.05) is 18.9 Å². The third kappa shape index (κ3) is 5.89. The van der Waals surface area contributed by atoms with Crippen molar-refractivity contribution in [1.29, 1.82) is 0 Å². The number of nitrogens with one attached hydrogen (secondary N) is 2. The largest absolute Gasteiger partial charge is 0.343 e. The van der Waals surface area contributed by atoms with E-state index in [1.165, 1.54) is 30.7 Å². The van der Waals surface area contributed by atoms with E-state index in [2.05, 4.69) is 10.6 Å². The number of hydrogen-bond donors (Lipinski definition) is 2. The maximum Gasteiger partial charge on any atom is 0.247 e. The Morgan fingerprint density at radius 3 is 2.41 bits per heavy atom. The fourth-order valence-corrected chi connectivity index (χ4v) is 5.53. The molecule has 10 heteroatoms. The predicted molar refractivity (Wildman–Crippen MR) is 147 cm³/mol. The minimum atomic E-state index is -0.874. The molecule has 2 aromatic rings. The summed E-state index contributed by atoms with van der Waals surface area (Å²) in [5.41, 5.74) is 0.646. The summed E-state index contributed by atoms with van der Waals surface area (Å²) in [6.45, 7) is 4.92. The Bertz CT molecular complexity index is 1270. The van der Waals surface area contributed by atoms with Crippen LogP contribution in [0, 0.1) is 0 Å². The number of amides is 5. The van der Waals surface area contributed by atoms with E-state index in [-0.39, 0.29) is 17.7 Å². The molecule has 2 aliphatic heterocycles. The highest BCUT2D eigenvalue weighted by Gasteiger charge is 2.47. The van der Waals surface area contributed by atoms with Gasteiger partial charge in [-0.1, -0.05) is 36.4 Å². The van der Waals surface area contributed by atoms with Gasteiger partial charge in [0.25, 0.3) is 0 Å². The van der Waals surface area contributed by atoms with Crippen molar-refractivity contribution in [3.05, 3.63) is 42.5 Å². The molecule has 0 bridgehead atoms. The maximum absolute atomic E-state index is 14.1. The van der Waals surface area contributed by atoms with Gasteiger partial charge < -0.3 is 25.3 Å². The second kappa shape index (κ2) is 11.8. The van der Waals surface area contributed by atoms with Crippen LogP contribution in [0.1, 0.15) is 52.9 Å². The van der Waals surface area contributed by atoms with Gasteiger partial charge in [0.1, 0.15) is 24.3 Å². The number of carbonyl (C=O) groups is 5. The van der Waals surface area contributed by atoms with Crippen LogP contribution < -0.4 is 10.6 Å². The van der Waals surface area contributed by atoms with E-state index in [4.69, 9.17) is 0 Å². The quantitative estimate of drug-likeness (QED) is 0.610. The van der Waals surface area contributed by atoms with Gasteiger partial charge in [-0.05, 0) is 50.5 Å². The van der Waals surface area contributed by atoms with Crippen LogP contribution in [0.3, 0.4) is 0 Å². The highest BCUT2D eigenvalue weighted by molar-refractivity contribution is 6.05. The van der Waals surface area contributed by atoms with Gasteiger partial charge in [-0.3, -0.25) is 24.0 Å². The monoisotopic (exact) mass is 535 g/mol. The van der Waals surface area contributed by atoms with Crippen molar-refractivity contribution < 1.29 is 24.0 Å². The van der Waals surface area contributed by atoms with Crippen LogP contribution >= 0.6 is 0 Å². The van der Waals surface area contributed by atoms with Gasteiger partial charge >= 0.3 is 0 Å². The van der Waals surface area contributed by atoms with E-state index in [0.717, 1.165) is 10.8 Å². The zero-order valence-electron chi connectivity index (χ0n) is 23.0. The van der Waals surface area contributed by atoms with Crippen LogP contribution in [0.4, 0.5) is 5.69 Å². The summed E-state index contributed by atoms with van der Waals surface area (Å²) in [5.74, 6) is -1.59. The number of carbonyl (C=O) groups excluding carboxylic acids is 5. The third-order valence-electron chi connectivity index (χ3n) is 7.94. The Balaban J connectivity index is 1.62. The highest BCUT2D eigenvalue weighted by atomic mass is 16.2. The van der Waals surface area contributed by atoms with Crippen molar-refractivity contribution >= 4 is 46.0 Å². The lowest BCUT2D eigenvalue weighted by Gasteiger charge is -2.38. The first-order chi connectivity index (χ1) is 18.6. The standard InChI is InChI=1S/C29H37N5O5/c1-18(32(4)19(2)35)27(37)31-24-13-7-8-17-33(20(3)36)26-16-15-25(34(26)29(24)39)28(38)30-23-14-9-11-21-10-5-6-12-22(21)23/h5-6,9-12,14,18,24-26H,7-8,13,15-17H2,1-4H3,(H,30,38)(H,31,37)/t18-,24-,25?,26?/m0/s1. The third-order valence-corrected chi connectivity index (χ3v) is 7.94. The molecule has 2 aromatic carbocycles. The summed E-state index contributed by atoms with van der Waals surface area (Å²) in [6, 6.07) is 10.9. The minimum Gasteiger partial charge on any atom is -0.343 e. The molecule has 39 heavy (non-hydrogen) atoms. The van der Waals surface area contributed by atoms with Crippen molar-refractivity contribution in [2.45, 2.75) is 77.2 Å². The highest BCUT2D eigenvalue weighted by Crippen LogP contribution is 2.32. The van der Waals surface area contributed by atoms with E-state index >= 15 is 0 Å². The molecule has 4 atom stereocenters. The molecule has 2 fully saturated rings. The molecular weight excluding hydrogens is 498 g/mol. The van der Waals surface area contributed by atoms with E-state index < -0.39 is 36.1 Å². The zero-order valence-corrected chi connectivity index (χ0v) is 23.0. The molecular formula is C29H37N5O5. The molecule has 2 saturated heterocycles. The lowest BCUT2D eigenvalue weighted by molar-refractivity contribution is -0.149. The Labute approximate surface area is 228 Å². The summed E-state index contributed by atoms with van der Waals surface area (Å²) in [6.07, 6.45) is 1.93. The second-order valence-corrected chi connectivity index (χ2v) is 10.4. The molecule has 10 nitrogen and oxygen atoms in total. The molecule has 2 unspecified atom stereocenters. The molecule has 5 amide bonds. The Morgan fingerprint density at radius 2 is 1.69 bits per heavy atom. The van der Waals surface area contributed by atoms with E-state index in [0.29, 0.717) is 44.3 Å². The lowest BCUT2D eigenvalue weighted by atomic mass is 10.1. The summed E-state index contributed by atoms with van der Waals surface area (Å²) in [5, 5.41) is 7.71. The number of benzene rings is 2. The van der Waals surface area contributed by atoms with Crippen LogP contribution in [0.2, 0.25) is 0 Å². The number of nitrogens with zero attached hydrogens (tertiary/aromatic N) is 3. The van der Waals surface area contributed by atoms with Crippen LogP contribution in [0.15, 0.2) is 42.5 Å². The number of fused-ring (bicyclic) bond motifs is 2. The van der Waals surface area contributed by atoms with Gasteiger partial charge in [0.2, 0.25) is 29.5 Å². The van der Waals surface area contributed by atoms with Crippen molar-refractivity contribution in [3.63, 3.8) is 0 Å². The number of rotatable bonds is 5. The maximum atomic E-state index is 14.1. The van der Waals surface area contributed by atoms with Gasteiger partial charge in [0.05, 0.1) is 0 Å². The van der Waals surface area contributed by atoms with Crippen LogP contribution in [0.5, 0.6) is 0 Å². The van der Waals surface area contributed by atoms with Gasteiger partial charge in [0, 0.05) is 38.5 Å². The molecule has 0 aromatic heterocycles. The van der Waals surface area contributed by atoms with Gasteiger partial charge in [-0.15, -0.1) is 0 Å². The zero-order chi connectivity index (χ0) is 28.3.